The Kier molecular flexibility index (Phi) is 3.54. The van der Waals surface area contributed by atoms with Crippen LogP contribution in [0.4, 0.5) is 0 Å². The summed E-state index contributed by atoms with van der Waals surface area (Å²) >= 11 is 6.21. The number of nitrogens with one attached hydrogen (secondary N) is 1. The lowest BCUT2D eigenvalue weighted by atomic mass is 10.2. The largest absolute Gasteiger partial charge is 0.349 e. The summed E-state index contributed by atoms with van der Waals surface area (Å²) in [5, 5.41) is 8.16. The van der Waals surface area contributed by atoms with Crippen molar-refractivity contribution in [2.45, 2.75) is 20.0 Å². The highest BCUT2D eigenvalue weighted by molar-refractivity contribution is 6.30. The Bertz CT molecular complexity index is 513. The average Bonchev–Trinajstić information content (AvgIpc) is 2.81. The van der Waals surface area contributed by atoms with Crippen molar-refractivity contribution < 1.29 is 0 Å². The van der Waals surface area contributed by atoms with Crippen molar-refractivity contribution >= 4 is 11.6 Å². The fraction of sp³-hybridized carbons (Fsp3) is 0.417. The third-order valence-corrected chi connectivity index (χ3v) is 3.28. The van der Waals surface area contributed by atoms with Gasteiger partial charge in [-0.05, 0) is 25.6 Å². The van der Waals surface area contributed by atoms with E-state index >= 15 is 0 Å². The van der Waals surface area contributed by atoms with Crippen LogP contribution in [0, 0.1) is 6.92 Å². The zero-order chi connectivity index (χ0) is 12.4. The lowest BCUT2D eigenvalue weighted by Crippen LogP contribution is -2.04. The Hall–Kier alpha value is -1.26. The van der Waals surface area contributed by atoms with Gasteiger partial charge >= 0.3 is 0 Å². The number of halogens is 1. The van der Waals surface area contributed by atoms with E-state index in [0.29, 0.717) is 5.15 Å². The van der Waals surface area contributed by atoms with E-state index in [4.69, 9.17) is 11.6 Å². The van der Waals surface area contributed by atoms with Crippen molar-refractivity contribution in [2.75, 3.05) is 7.05 Å². The number of rotatable bonds is 4. The summed E-state index contributed by atoms with van der Waals surface area (Å²) in [5.41, 5.74) is 3.34. The SMILES string of the molecule is CNCc1ccn(Cc2c(C)nn(C)c2Cl)c1. The molecule has 4 nitrogen and oxygen atoms in total. The predicted octanol–water partition coefficient (Wildman–Crippen LogP) is 1.95. The highest BCUT2D eigenvalue weighted by Crippen LogP contribution is 2.20. The van der Waals surface area contributed by atoms with Gasteiger partial charge < -0.3 is 9.88 Å². The zero-order valence-electron chi connectivity index (χ0n) is 10.4. The maximum atomic E-state index is 6.21. The standard InChI is InChI=1S/C12H17ClN4/c1-9-11(12(13)16(3)15-9)8-17-5-4-10(7-17)6-14-2/h4-5,7,14H,6,8H2,1-3H3. The molecule has 2 heterocycles. The first-order chi connectivity index (χ1) is 8.11. The van der Waals surface area contributed by atoms with Gasteiger partial charge in [-0.3, -0.25) is 4.68 Å². The van der Waals surface area contributed by atoms with E-state index in [9.17, 15) is 0 Å². The minimum Gasteiger partial charge on any atom is -0.349 e. The van der Waals surface area contributed by atoms with Crippen molar-refractivity contribution in [2.24, 2.45) is 7.05 Å². The van der Waals surface area contributed by atoms with Crippen LogP contribution in [-0.2, 0) is 20.1 Å². The fourth-order valence-electron chi connectivity index (χ4n) is 1.93. The molecular formula is C12H17ClN4. The van der Waals surface area contributed by atoms with Crippen LogP contribution in [0.25, 0.3) is 0 Å². The number of hydrogen-bond acceptors (Lipinski definition) is 2. The molecule has 2 aromatic rings. The molecule has 0 saturated heterocycles. The lowest BCUT2D eigenvalue weighted by Gasteiger charge is -2.02. The van der Waals surface area contributed by atoms with Gasteiger partial charge in [0.25, 0.3) is 0 Å². The Morgan fingerprint density at radius 3 is 2.82 bits per heavy atom. The second kappa shape index (κ2) is 4.94. The Balaban J connectivity index is 2.19. The van der Waals surface area contributed by atoms with Crippen molar-refractivity contribution in [3.05, 3.63) is 40.4 Å². The molecule has 2 rings (SSSR count). The zero-order valence-corrected chi connectivity index (χ0v) is 11.1. The minimum atomic E-state index is 0.714. The van der Waals surface area contributed by atoms with Gasteiger partial charge in [0.05, 0.1) is 12.2 Å². The molecule has 0 radical (unpaired) electrons. The van der Waals surface area contributed by atoms with E-state index in [1.165, 1.54) is 5.56 Å². The Morgan fingerprint density at radius 1 is 1.47 bits per heavy atom. The third kappa shape index (κ3) is 2.53. The van der Waals surface area contributed by atoms with E-state index in [1.807, 2.05) is 21.0 Å². The summed E-state index contributed by atoms with van der Waals surface area (Å²) in [5.74, 6) is 0. The molecule has 0 spiro atoms. The Labute approximate surface area is 106 Å². The molecule has 0 aliphatic heterocycles. The van der Waals surface area contributed by atoms with Crippen LogP contribution in [0.5, 0.6) is 0 Å². The van der Waals surface area contributed by atoms with Gasteiger partial charge in [-0.15, -0.1) is 0 Å². The van der Waals surface area contributed by atoms with Crippen LogP contribution >= 0.6 is 11.6 Å². The highest BCUT2D eigenvalue weighted by Gasteiger charge is 2.11. The monoisotopic (exact) mass is 252 g/mol. The molecule has 17 heavy (non-hydrogen) atoms. The molecule has 0 bridgehead atoms. The highest BCUT2D eigenvalue weighted by atomic mass is 35.5. The summed E-state index contributed by atoms with van der Waals surface area (Å²) in [6.07, 6.45) is 4.19. The molecule has 0 saturated carbocycles. The third-order valence-electron chi connectivity index (χ3n) is 2.80. The number of aryl methyl sites for hydroxylation is 2. The smallest absolute Gasteiger partial charge is 0.131 e. The number of nitrogens with zero attached hydrogens (tertiary/aromatic N) is 3. The summed E-state index contributed by atoms with van der Waals surface area (Å²) in [4.78, 5) is 0. The van der Waals surface area contributed by atoms with Gasteiger partial charge in [-0.1, -0.05) is 11.6 Å². The maximum Gasteiger partial charge on any atom is 0.131 e. The molecule has 5 heteroatoms. The average molecular weight is 253 g/mol. The topological polar surface area (TPSA) is 34.8 Å². The first kappa shape index (κ1) is 12.2. The first-order valence-electron chi connectivity index (χ1n) is 5.59. The number of hydrogen-bond donors (Lipinski definition) is 1. The van der Waals surface area contributed by atoms with Crippen LogP contribution in [0.1, 0.15) is 16.8 Å². The molecule has 0 atom stereocenters. The lowest BCUT2D eigenvalue weighted by molar-refractivity contribution is 0.756. The van der Waals surface area contributed by atoms with Gasteiger partial charge in [-0.2, -0.15) is 5.10 Å². The molecule has 0 aromatic carbocycles. The van der Waals surface area contributed by atoms with Crippen molar-refractivity contribution in [1.29, 1.82) is 0 Å². The second-order valence-corrected chi connectivity index (χ2v) is 4.56. The van der Waals surface area contributed by atoms with Gasteiger partial charge in [0, 0.05) is 31.5 Å². The minimum absolute atomic E-state index is 0.714. The molecular weight excluding hydrogens is 236 g/mol. The molecule has 0 aliphatic rings. The van der Waals surface area contributed by atoms with Gasteiger partial charge in [0.2, 0.25) is 0 Å². The van der Waals surface area contributed by atoms with Crippen molar-refractivity contribution in [3.63, 3.8) is 0 Å². The van der Waals surface area contributed by atoms with Crippen LogP contribution in [-0.4, -0.2) is 21.4 Å². The van der Waals surface area contributed by atoms with E-state index in [0.717, 1.165) is 24.3 Å². The quantitative estimate of drug-likeness (QED) is 0.903. The van der Waals surface area contributed by atoms with E-state index < -0.39 is 0 Å². The second-order valence-electron chi connectivity index (χ2n) is 4.20. The molecule has 0 amide bonds. The maximum absolute atomic E-state index is 6.21. The molecule has 92 valence electrons. The number of aromatic nitrogens is 3. The van der Waals surface area contributed by atoms with Crippen LogP contribution < -0.4 is 5.32 Å². The van der Waals surface area contributed by atoms with Gasteiger partial charge in [0.1, 0.15) is 5.15 Å². The van der Waals surface area contributed by atoms with Gasteiger partial charge in [0.15, 0.2) is 0 Å². The van der Waals surface area contributed by atoms with E-state index in [-0.39, 0.29) is 0 Å². The van der Waals surface area contributed by atoms with Crippen molar-refractivity contribution in [3.8, 4) is 0 Å². The van der Waals surface area contributed by atoms with E-state index in [1.54, 1.807) is 4.68 Å². The molecule has 1 N–H and O–H groups in total. The summed E-state index contributed by atoms with van der Waals surface area (Å²) in [6.45, 7) is 3.63. The van der Waals surface area contributed by atoms with Crippen LogP contribution in [0.2, 0.25) is 5.15 Å². The van der Waals surface area contributed by atoms with Crippen molar-refractivity contribution in [1.82, 2.24) is 19.7 Å². The van der Waals surface area contributed by atoms with Gasteiger partial charge in [-0.25, -0.2) is 0 Å². The molecule has 2 aromatic heterocycles. The molecule has 0 fully saturated rings. The molecule has 0 unspecified atom stereocenters. The first-order valence-corrected chi connectivity index (χ1v) is 5.97. The van der Waals surface area contributed by atoms with E-state index in [2.05, 4.69) is 33.4 Å². The summed E-state index contributed by atoms with van der Waals surface area (Å²) in [7, 11) is 3.81. The normalized spacial score (nSPS) is 11.1. The Morgan fingerprint density at radius 2 is 2.24 bits per heavy atom. The van der Waals surface area contributed by atoms with Crippen LogP contribution in [0.3, 0.4) is 0 Å². The predicted molar refractivity (Wildman–Crippen MR) is 69.3 cm³/mol. The summed E-state index contributed by atoms with van der Waals surface area (Å²) in [6, 6.07) is 2.11. The molecule has 0 aliphatic carbocycles. The fourth-order valence-corrected chi connectivity index (χ4v) is 2.17. The van der Waals surface area contributed by atoms with Crippen LogP contribution in [0.15, 0.2) is 18.5 Å². The summed E-state index contributed by atoms with van der Waals surface area (Å²) < 4.78 is 3.84.